The van der Waals surface area contributed by atoms with Gasteiger partial charge in [-0.25, -0.2) is 9.97 Å². The third-order valence-electron chi connectivity index (χ3n) is 2.34. The lowest BCUT2D eigenvalue weighted by Gasteiger charge is -2.24. The maximum absolute atomic E-state index is 5.65. The third kappa shape index (κ3) is 4.17. The average molecular weight is 270 g/mol. The molecular formula is C11H18N4O2S. The summed E-state index contributed by atoms with van der Waals surface area (Å²) < 4.78 is 10.2. The van der Waals surface area contributed by atoms with E-state index in [0.717, 1.165) is 0 Å². The van der Waals surface area contributed by atoms with Gasteiger partial charge in [0.25, 0.3) is 0 Å². The maximum atomic E-state index is 5.65. The number of thiocarbonyl (C=S) groups is 1. The number of aromatic nitrogens is 2. The van der Waals surface area contributed by atoms with Crippen LogP contribution >= 0.6 is 12.2 Å². The van der Waals surface area contributed by atoms with Gasteiger partial charge >= 0.3 is 0 Å². The van der Waals surface area contributed by atoms with Crippen molar-refractivity contribution in [2.24, 2.45) is 5.73 Å². The van der Waals surface area contributed by atoms with E-state index in [4.69, 9.17) is 27.4 Å². The van der Waals surface area contributed by atoms with Crippen molar-refractivity contribution in [3.05, 3.63) is 18.1 Å². The number of methoxy groups -OCH3 is 2. The fourth-order valence-corrected chi connectivity index (χ4v) is 1.61. The first-order valence-corrected chi connectivity index (χ1v) is 5.95. The number of nitrogens with two attached hydrogens (primary N) is 1. The Hall–Kier alpha value is -1.31. The molecule has 0 aliphatic carbocycles. The van der Waals surface area contributed by atoms with Crippen LogP contribution in [-0.2, 0) is 9.47 Å². The summed E-state index contributed by atoms with van der Waals surface area (Å²) >= 11 is 4.98. The largest absolute Gasteiger partial charge is 0.388 e. The monoisotopic (exact) mass is 270 g/mol. The SMILES string of the molecule is COCCN(CCOC)c1nccnc1C(N)=S. The zero-order valence-electron chi connectivity index (χ0n) is 10.6. The smallest absolute Gasteiger partial charge is 0.157 e. The Balaban J connectivity index is 2.92. The van der Waals surface area contributed by atoms with Gasteiger partial charge in [0, 0.05) is 39.7 Å². The molecule has 0 radical (unpaired) electrons. The van der Waals surface area contributed by atoms with Crippen molar-refractivity contribution < 1.29 is 9.47 Å². The zero-order valence-corrected chi connectivity index (χ0v) is 11.4. The first-order chi connectivity index (χ1) is 8.70. The minimum Gasteiger partial charge on any atom is -0.388 e. The molecule has 0 amide bonds. The Morgan fingerprint density at radius 1 is 1.22 bits per heavy atom. The van der Waals surface area contributed by atoms with E-state index in [2.05, 4.69) is 9.97 Å². The normalized spacial score (nSPS) is 10.3. The molecule has 0 fully saturated rings. The molecule has 0 bridgehead atoms. The molecule has 100 valence electrons. The van der Waals surface area contributed by atoms with E-state index in [1.165, 1.54) is 0 Å². The first-order valence-electron chi connectivity index (χ1n) is 5.54. The summed E-state index contributed by atoms with van der Waals surface area (Å²) in [5, 5.41) is 0. The van der Waals surface area contributed by atoms with Crippen molar-refractivity contribution in [3.63, 3.8) is 0 Å². The molecule has 1 aromatic heterocycles. The number of ether oxygens (including phenoxy) is 2. The highest BCUT2D eigenvalue weighted by molar-refractivity contribution is 7.80. The van der Waals surface area contributed by atoms with Gasteiger partial charge in [0.2, 0.25) is 0 Å². The molecule has 18 heavy (non-hydrogen) atoms. The second-order valence-electron chi connectivity index (χ2n) is 3.57. The van der Waals surface area contributed by atoms with E-state index in [1.54, 1.807) is 26.6 Å². The van der Waals surface area contributed by atoms with E-state index in [1.807, 2.05) is 4.90 Å². The van der Waals surface area contributed by atoms with Crippen molar-refractivity contribution >= 4 is 23.0 Å². The molecule has 0 atom stereocenters. The minimum absolute atomic E-state index is 0.234. The standard InChI is InChI=1S/C11H18N4O2S/c1-16-7-5-15(6-8-17-2)11-9(10(12)18)13-3-4-14-11/h3-4H,5-8H2,1-2H3,(H2,12,18). The molecule has 0 aliphatic heterocycles. The lowest BCUT2D eigenvalue weighted by atomic mass is 10.3. The molecule has 0 aliphatic rings. The molecule has 0 unspecified atom stereocenters. The number of hydrogen-bond donors (Lipinski definition) is 1. The molecule has 0 aromatic carbocycles. The zero-order chi connectivity index (χ0) is 13.4. The summed E-state index contributed by atoms with van der Waals surface area (Å²) in [6, 6.07) is 0. The Morgan fingerprint density at radius 3 is 2.28 bits per heavy atom. The predicted molar refractivity (Wildman–Crippen MR) is 73.9 cm³/mol. The second-order valence-corrected chi connectivity index (χ2v) is 4.01. The summed E-state index contributed by atoms with van der Waals surface area (Å²) in [7, 11) is 3.30. The predicted octanol–water partition coefficient (Wildman–Crippen LogP) is 0.210. The van der Waals surface area contributed by atoms with Gasteiger partial charge in [0.15, 0.2) is 5.82 Å². The van der Waals surface area contributed by atoms with Crippen LogP contribution in [0.4, 0.5) is 5.82 Å². The average Bonchev–Trinajstić information content (AvgIpc) is 2.39. The number of hydrogen-bond acceptors (Lipinski definition) is 6. The van der Waals surface area contributed by atoms with Crippen molar-refractivity contribution in [1.29, 1.82) is 0 Å². The molecule has 6 nitrogen and oxygen atoms in total. The van der Waals surface area contributed by atoms with Gasteiger partial charge in [-0.15, -0.1) is 0 Å². The number of rotatable bonds is 8. The highest BCUT2D eigenvalue weighted by atomic mass is 32.1. The molecule has 0 spiro atoms. The van der Waals surface area contributed by atoms with Crippen molar-refractivity contribution in [1.82, 2.24) is 9.97 Å². The van der Waals surface area contributed by atoms with Crippen LogP contribution in [0.1, 0.15) is 5.69 Å². The quantitative estimate of drug-likeness (QED) is 0.677. The Kier molecular flexibility index (Phi) is 6.48. The van der Waals surface area contributed by atoms with Gasteiger partial charge in [-0.05, 0) is 0 Å². The van der Waals surface area contributed by atoms with Crippen LogP contribution in [0.2, 0.25) is 0 Å². The van der Waals surface area contributed by atoms with Gasteiger partial charge in [-0.3, -0.25) is 0 Å². The molecule has 1 rings (SSSR count). The summed E-state index contributed by atoms with van der Waals surface area (Å²) in [5.41, 5.74) is 6.18. The third-order valence-corrected chi connectivity index (χ3v) is 2.54. The fourth-order valence-electron chi connectivity index (χ4n) is 1.46. The van der Waals surface area contributed by atoms with E-state index in [0.29, 0.717) is 37.8 Å². The van der Waals surface area contributed by atoms with Crippen molar-refractivity contribution in [2.75, 3.05) is 45.4 Å². The van der Waals surface area contributed by atoms with E-state index < -0.39 is 0 Å². The van der Waals surface area contributed by atoms with Crippen LogP contribution in [0.15, 0.2) is 12.4 Å². The van der Waals surface area contributed by atoms with Crippen LogP contribution in [0.3, 0.4) is 0 Å². The number of anilines is 1. The van der Waals surface area contributed by atoms with Crippen LogP contribution < -0.4 is 10.6 Å². The van der Waals surface area contributed by atoms with Crippen LogP contribution in [-0.4, -0.2) is 55.5 Å². The lowest BCUT2D eigenvalue weighted by Crippen LogP contribution is -2.33. The molecule has 1 aromatic rings. The molecule has 1 heterocycles. The van der Waals surface area contributed by atoms with E-state index in [-0.39, 0.29) is 4.99 Å². The Bertz CT molecular complexity index is 381. The fraction of sp³-hybridized carbons (Fsp3) is 0.545. The van der Waals surface area contributed by atoms with Crippen molar-refractivity contribution in [3.8, 4) is 0 Å². The van der Waals surface area contributed by atoms with Crippen molar-refractivity contribution in [2.45, 2.75) is 0 Å². The Labute approximate surface area is 112 Å². The highest BCUT2D eigenvalue weighted by Crippen LogP contribution is 2.14. The maximum Gasteiger partial charge on any atom is 0.157 e. The lowest BCUT2D eigenvalue weighted by molar-refractivity contribution is 0.190. The molecule has 0 saturated carbocycles. The van der Waals surface area contributed by atoms with E-state index >= 15 is 0 Å². The topological polar surface area (TPSA) is 73.5 Å². The second kappa shape index (κ2) is 7.91. The van der Waals surface area contributed by atoms with Gasteiger partial charge < -0.3 is 20.1 Å². The highest BCUT2D eigenvalue weighted by Gasteiger charge is 2.15. The molecular weight excluding hydrogens is 252 g/mol. The molecule has 2 N–H and O–H groups in total. The molecule has 7 heteroatoms. The molecule has 0 saturated heterocycles. The minimum atomic E-state index is 0.234. The van der Waals surface area contributed by atoms with Gasteiger partial charge in [0.05, 0.1) is 13.2 Å². The van der Waals surface area contributed by atoms with Gasteiger partial charge in [-0.1, -0.05) is 12.2 Å². The number of nitrogens with zero attached hydrogens (tertiary/aromatic N) is 3. The van der Waals surface area contributed by atoms with Gasteiger partial charge in [0.1, 0.15) is 10.7 Å². The Morgan fingerprint density at radius 2 is 1.78 bits per heavy atom. The first kappa shape index (κ1) is 14.7. The van der Waals surface area contributed by atoms with Crippen LogP contribution in [0.25, 0.3) is 0 Å². The summed E-state index contributed by atoms with van der Waals surface area (Å²) in [6.45, 7) is 2.51. The summed E-state index contributed by atoms with van der Waals surface area (Å²) in [6.07, 6.45) is 3.19. The van der Waals surface area contributed by atoms with Gasteiger partial charge in [-0.2, -0.15) is 0 Å². The van der Waals surface area contributed by atoms with Crippen LogP contribution in [0, 0.1) is 0 Å². The van der Waals surface area contributed by atoms with E-state index in [9.17, 15) is 0 Å². The van der Waals surface area contributed by atoms with Crippen LogP contribution in [0.5, 0.6) is 0 Å². The summed E-state index contributed by atoms with van der Waals surface area (Å²) in [5.74, 6) is 0.666. The summed E-state index contributed by atoms with van der Waals surface area (Å²) in [4.78, 5) is 10.7.